The summed E-state index contributed by atoms with van der Waals surface area (Å²) < 4.78 is 177. The molecule has 2 aliphatic heterocycles. The summed E-state index contributed by atoms with van der Waals surface area (Å²) in [6.07, 6.45) is 0. The molecule has 0 unspecified atom stereocenters. The first-order valence-electron chi connectivity index (χ1n) is 32.8. The number of carboxylic acid groups (broad SMARTS) is 2. The van der Waals surface area contributed by atoms with Gasteiger partial charge in [0.15, 0.2) is 69.8 Å². The SMILES string of the molecule is CC(C)=c1c(C)c(C)c2c(c1C)Oc1c(C)c(N(C)C)c(C)c(C)c1C=2c1c(F)c(F)c(F)c(F)c1C(=O)O.Cc1c(C)c(N(C)C)c(C)c(O)c1C(=O)c1c(F)c(F)c(F)c(F)c1C(=O)O.Cc1cc(O)c(C)c(N(C)C)c1C.Cc1cc(O)c(C)c(N(C)C)c1C.O=C1OC(=O)c2c(F)c(F)c(F)c(F)c21. The predicted molar refractivity (Wildman–Crippen MR) is 387 cm³/mol. The average molecular weight is 1520 g/mol. The maximum atomic E-state index is 15.8. The lowest BCUT2D eigenvalue weighted by molar-refractivity contribution is 0.0438. The number of ketones is 1. The number of aromatic carboxylic acids is 2. The van der Waals surface area contributed by atoms with Gasteiger partial charge in [0, 0.05) is 123 Å². The zero-order chi connectivity index (χ0) is 82.7. The molecule has 28 heteroatoms. The topological polar surface area (TPSA) is 218 Å². The van der Waals surface area contributed by atoms with Crippen LogP contribution in [0.1, 0.15) is 166 Å². The van der Waals surface area contributed by atoms with Crippen LogP contribution in [0.5, 0.6) is 28.7 Å². The Balaban J connectivity index is 0.000000229. The zero-order valence-electron chi connectivity index (χ0n) is 64.1. The van der Waals surface area contributed by atoms with Gasteiger partial charge in [-0.1, -0.05) is 5.57 Å². The second kappa shape index (κ2) is 32.1. The predicted octanol–water partition coefficient (Wildman–Crippen LogP) is 16.6. The summed E-state index contributed by atoms with van der Waals surface area (Å²) >= 11 is 0. The number of carbonyl (C=O) groups excluding carboxylic acids is 3. The molecule has 8 aromatic rings. The third kappa shape index (κ3) is 14.9. The number of hydrogen-bond acceptors (Lipinski definition) is 14. The molecule has 0 bridgehead atoms. The summed E-state index contributed by atoms with van der Waals surface area (Å²) in [6, 6.07) is 3.63. The van der Waals surface area contributed by atoms with E-state index in [2.05, 4.69) is 18.6 Å². The second-order valence-corrected chi connectivity index (χ2v) is 27.1. The van der Waals surface area contributed by atoms with Crippen molar-refractivity contribution in [2.45, 2.75) is 118 Å². The summed E-state index contributed by atoms with van der Waals surface area (Å²) in [5.74, 6) is -33.0. The Hall–Kier alpha value is -11.2. The van der Waals surface area contributed by atoms with Crippen LogP contribution in [0.3, 0.4) is 0 Å². The fraction of sp³-hybridized carbons (Fsp3) is 0.312. The molecule has 578 valence electrons. The summed E-state index contributed by atoms with van der Waals surface area (Å²) in [4.78, 5) is 65.7. The number of anilines is 4. The molecule has 8 aromatic carbocycles. The molecule has 10 rings (SSSR count). The van der Waals surface area contributed by atoms with Crippen LogP contribution in [-0.4, -0.2) is 112 Å². The molecule has 0 saturated carbocycles. The van der Waals surface area contributed by atoms with E-state index < -0.39 is 144 Å². The van der Waals surface area contributed by atoms with Crippen molar-refractivity contribution in [3.8, 4) is 28.7 Å². The number of aromatic hydroxyl groups is 3. The molecular weight excluding hydrogens is 1440 g/mol. The van der Waals surface area contributed by atoms with Crippen LogP contribution in [-0.2, 0) is 4.74 Å². The molecule has 108 heavy (non-hydrogen) atoms. The first-order valence-corrected chi connectivity index (χ1v) is 32.8. The van der Waals surface area contributed by atoms with Crippen molar-refractivity contribution in [3.05, 3.63) is 220 Å². The van der Waals surface area contributed by atoms with Gasteiger partial charge in [-0.3, -0.25) is 4.79 Å². The average Bonchev–Trinajstić information content (AvgIpc) is 0.837. The summed E-state index contributed by atoms with van der Waals surface area (Å²) in [7, 11) is 15.1. The van der Waals surface area contributed by atoms with Crippen LogP contribution in [0, 0.1) is 174 Å². The first kappa shape index (κ1) is 85.7. The minimum atomic E-state index is -2.34. The monoisotopic (exact) mass is 1520 g/mol. The van der Waals surface area contributed by atoms with Gasteiger partial charge in [0.05, 0.1) is 11.1 Å². The number of carboxylic acids is 2. The molecule has 2 heterocycles. The summed E-state index contributed by atoms with van der Waals surface area (Å²) in [5, 5.41) is 50.1. The molecule has 0 atom stereocenters. The summed E-state index contributed by atoms with van der Waals surface area (Å²) in [6.45, 7) is 31.3. The van der Waals surface area contributed by atoms with E-state index >= 15 is 8.78 Å². The number of phenolic OH excluding ortho intramolecular Hbond substituents is 3. The number of cyclic esters (lactones) is 2. The van der Waals surface area contributed by atoms with Crippen LogP contribution < -0.4 is 34.8 Å². The van der Waals surface area contributed by atoms with Crippen LogP contribution in [0.15, 0.2) is 12.1 Å². The number of benzene rings is 8. The number of halogens is 12. The van der Waals surface area contributed by atoms with Gasteiger partial charge in [0.2, 0.25) is 5.78 Å². The van der Waals surface area contributed by atoms with Crippen LogP contribution in [0.4, 0.5) is 75.4 Å². The number of esters is 2. The van der Waals surface area contributed by atoms with Crippen LogP contribution >= 0.6 is 0 Å². The molecule has 5 N–H and O–H groups in total. The third-order valence-electron chi connectivity index (χ3n) is 19.3. The number of aryl methyl sites for hydroxylation is 2. The van der Waals surface area contributed by atoms with E-state index in [1.807, 2.05) is 138 Å². The Labute approximate surface area is 615 Å². The van der Waals surface area contributed by atoms with E-state index in [1.54, 1.807) is 39.8 Å². The summed E-state index contributed by atoms with van der Waals surface area (Å²) in [5.41, 5.74) is 8.43. The largest absolute Gasteiger partial charge is 0.508 e. The van der Waals surface area contributed by atoms with Crippen molar-refractivity contribution < 1.29 is 112 Å². The number of nitrogens with zero attached hydrogens (tertiary/aromatic N) is 4. The molecule has 0 saturated heterocycles. The Kier molecular flexibility index (Phi) is 25.5. The highest BCUT2D eigenvalue weighted by Gasteiger charge is 2.42. The quantitative estimate of drug-likeness (QED) is 0.0227. The van der Waals surface area contributed by atoms with Crippen molar-refractivity contribution >= 4 is 63.6 Å². The Morgan fingerprint density at radius 3 is 1.06 bits per heavy atom. The van der Waals surface area contributed by atoms with E-state index in [0.717, 1.165) is 61.2 Å². The number of fused-ring (bicyclic) bond motifs is 3. The van der Waals surface area contributed by atoms with Gasteiger partial charge in [0.1, 0.15) is 51.0 Å². The van der Waals surface area contributed by atoms with E-state index in [4.69, 9.17) is 9.84 Å². The van der Waals surface area contributed by atoms with E-state index in [-0.39, 0.29) is 16.7 Å². The highest BCUT2D eigenvalue weighted by molar-refractivity contribution is 6.17. The fourth-order valence-corrected chi connectivity index (χ4v) is 13.9. The standard InChI is InChI=1S/C31H31F4NO3.C19H17F4NO4.2C11H17NO.C8F4O3/c1-11(2)18-12(3)13(4)19-21(22-23(31(37)38)25(33)27(35)26(34)24(22)32)20-14(5)15(6)28(36(9)10)17(8)30(20)39-29(19)16(18)7;1-6-7(2)16(24(4)5)8(3)17(25)9(6)18(26)10-11(19(27)28)13(21)15(23)14(22)12(10)20;2*1-7-6-10(13)9(3)11(8(7)2)12(4)5;9-3-1-2(8(14)15-7(1)13)4(10)6(12)5(3)11/h1-10H3,(H,37,38);25H,1-5H3,(H,27,28);2*6,13H,1-5H3;. The Bertz CT molecular complexity index is 5140. The maximum absolute atomic E-state index is 15.8. The van der Waals surface area contributed by atoms with Crippen molar-refractivity contribution in [1.82, 2.24) is 0 Å². The van der Waals surface area contributed by atoms with Crippen molar-refractivity contribution in [2.24, 2.45) is 0 Å². The molecule has 0 aromatic heterocycles. The molecule has 0 aliphatic carbocycles. The normalized spacial score (nSPS) is 11.7. The highest BCUT2D eigenvalue weighted by atomic mass is 19.2. The third-order valence-corrected chi connectivity index (χ3v) is 19.3. The fourth-order valence-electron chi connectivity index (χ4n) is 13.9. The smallest absolute Gasteiger partial charge is 0.350 e. The van der Waals surface area contributed by atoms with Gasteiger partial charge in [0.25, 0.3) is 0 Å². The molecule has 0 amide bonds. The molecular formula is C80H82F12N4O12. The first-order chi connectivity index (χ1) is 49.7. The number of ether oxygens (including phenoxy) is 2. The van der Waals surface area contributed by atoms with Gasteiger partial charge < -0.3 is 54.6 Å². The van der Waals surface area contributed by atoms with E-state index in [0.29, 0.717) is 67.3 Å². The lowest BCUT2D eigenvalue weighted by Crippen LogP contribution is -2.31. The number of rotatable bonds is 9. The number of phenols is 3. The van der Waals surface area contributed by atoms with Gasteiger partial charge >= 0.3 is 23.9 Å². The molecule has 16 nitrogen and oxygen atoms in total. The van der Waals surface area contributed by atoms with Crippen LogP contribution in [0.25, 0.3) is 11.1 Å². The van der Waals surface area contributed by atoms with Gasteiger partial charge in [-0.2, -0.15) is 0 Å². The van der Waals surface area contributed by atoms with Crippen molar-refractivity contribution in [2.75, 3.05) is 76.0 Å². The number of hydrogen-bond donors (Lipinski definition) is 5. The molecule has 2 aliphatic rings. The van der Waals surface area contributed by atoms with Crippen LogP contribution in [0.2, 0.25) is 0 Å². The van der Waals surface area contributed by atoms with Gasteiger partial charge in [-0.05, 0) is 196 Å². The maximum Gasteiger partial charge on any atom is 0.350 e. The van der Waals surface area contributed by atoms with Gasteiger partial charge in [-0.25, -0.2) is 71.9 Å². The van der Waals surface area contributed by atoms with Gasteiger partial charge in [-0.15, -0.1) is 0 Å². The van der Waals surface area contributed by atoms with E-state index in [1.165, 1.54) is 25.0 Å². The van der Waals surface area contributed by atoms with Crippen molar-refractivity contribution in [1.29, 1.82) is 0 Å². The molecule has 0 fully saturated rings. The minimum Gasteiger partial charge on any atom is -0.508 e. The zero-order valence-corrected chi connectivity index (χ0v) is 64.1. The lowest BCUT2D eigenvalue weighted by Gasteiger charge is -2.32. The Morgan fingerprint density at radius 2 is 0.676 bits per heavy atom. The minimum absolute atomic E-state index is 0.0445. The lowest BCUT2D eigenvalue weighted by atomic mass is 9.81. The second-order valence-electron chi connectivity index (χ2n) is 27.1. The van der Waals surface area contributed by atoms with E-state index in [9.17, 15) is 88.3 Å². The number of carbonyl (C=O) groups is 5. The highest BCUT2D eigenvalue weighted by Crippen LogP contribution is 2.49. The Morgan fingerprint density at radius 1 is 0.333 bits per heavy atom. The molecule has 0 radical (unpaired) electrons. The molecule has 0 spiro atoms. The van der Waals surface area contributed by atoms with Crippen molar-refractivity contribution in [3.63, 3.8) is 0 Å².